The number of hydrogen-bond acceptors (Lipinski definition) is 4. The second-order valence-corrected chi connectivity index (χ2v) is 4.38. The predicted octanol–water partition coefficient (Wildman–Crippen LogP) is 2.33. The lowest BCUT2D eigenvalue weighted by molar-refractivity contribution is 0.213. The first-order valence-electron chi connectivity index (χ1n) is 4.99. The van der Waals surface area contributed by atoms with Gasteiger partial charge in [-0.15, -0.1) is 0 Å². The molecule has 17 heavy (non-hydrogen) atoms. The van der Waals surface area contributed by atoms with Crippen LogP contribution in [-0.2, 0) is 0 Å². The van der Waals surface area contributed by atoms with Gasteiger partial charge in [-0.1, -0.05) is 15.9 Å². The molecule has 4 nitrogen and oxygen atoms in total. The summed E-state index contributed by atoms with van der Waals surface area (Å²) in [4.78, 5) is 7.77. The molecule has 1 heterocycles. The molecule has 0 saturated carbocycles. The number of hydrogen-bond donors (Lipinski definition) is 1. The minimum atomic E-state index is -0.802. The van der Waals surface area contributed by atoms with Crippen molar-refractivity contribution in [1.82, 2.24) is 9.97 Å². The first kappa shape index (κ1) is 12.0. The molecule has 1 aromatic carbocycles. The van der Waals surface area contributed by atoms with Crippen LogP contribution in [0.5, 0.6) is 5.75 Å². The van der Waals surface area contributed by atoms with Gasteiger partial charge in [-0.2, -0.15) is 0 Å². The quantitative estimate of drug-likeness (QED) is 0.944. The molecule has 0 aliphatic rings. The molecule has 0 aliphatic carbocycles. The molecule has 88 valence electrons. The third-order valence-corrected chi connectivity index (χ3v) is 2.88. The van der Waals surface area contributed by atoms with E-state index in [1.807, 2.05) is 12.1 Å². The molecule has 0 spiro atoms. The van der Waals surface area contributed by atoms with Gasteiger partial charge in [0.2, 0.25) is 0 Å². The zero-order chi connectivity index (χ0) is 12.3. The van der Waals surface area contributed by atoms with Crippen LogP contribution < -0.4 is 4.74 Å². The maximum absolute atomic E-state index is 10.2. The largest absolute Gasteiger partial charge is 0.496 e. The maximum atomic E-state index is 10.2. The normalized spacial score (nSPS) is 12.2. The zero-order valence-electron chi connectivity index (χ0n) is 9.17. The Hall–Kier alpha value is -1.46. The van der Waals surface area contributed by atoms with Crippen LogP contribution in [0.3, 0.4) is 0 Å². The third-order valence-electron chi connectivity index (χ3n) is 2.38. The van der Waals surface area contributed by atoms with Crippen LogP contribution in [-0.4, -0.2) is 22.2 Å². The Bertz CT molecular complexity index is 505. The van der Waals surface area contributed by atoms with Crippen LogP contribution in [0.15, 0.2) is 41.4 Å². The van der Waals surface area contributed by atoms with Crippen molar-refractivity contribution in [2.75, 3.05) is 7.11 Å². The summed E-state index contributed by atoms with van der Waals surface area (Å²) in [6, 6.07) is 5.47. The molecule has 2 rings (SSSR count). The van der Waals surface area contributed by atoms with E-state index in [1.54, 1.807) is 25.6 Å². The van der Waals surface area contributed by atoms with Gasteiger partial charge in [0.05, 0.1) is 7.11 Å². The van der Waals surface area contributed by atoms with Gasteiger partial charge in [0.25, 0.3) is 0 Å². The van der Waals surface area contributed by atoms with Crippen molar-refractivity contribution in [2.24, 2.45) is 0 Å². The van der Waals surface area contributed by atoms with Gasteiger partial charge >= 0.3 is 0 Å². The number of halogens is 1. The van der Waals surface area contributed by atoms with Crippen molar-refractivity contribution in [3.8, 4) is 5.75 Å². The molecule has 0 aliphatic heterocycles. The summed E-state index contributed by atoms with van der Waals surface area (Å²) in [5.74, 6) is 0.629. The van der Waals surface area contributed by atoms with E-state index >= 15 is 0 Å². The highest BCUT2D eigenvalue weighted by Gasteiger charge is 2.16. The molecule has 5 heteroatoms. The van der Waals surface area contributed by atoms with Crippen LogP contribution in [0.25, 0.3) is 0 Å². The Morgan fingerprint density at radius 1 is 1.29 bits per heavy atom. The van der Waals surface area contributed by atoms with E-state index < -0.39 is 6.10 Å². The molecule has 0 fully saturated rings. The fraction of sp³-hybridized carbons (Fsp3) is 0.167. The zero-order valence-corrected chi connectivity index (χ0v) is 10.8. The number of aromatic nitrogens is 2. The van der Waals surface area contributed by atoms with Crippen molar-refractivity contribution < 1.29 is 9.84 Å². The smallest absolute Gasteiger partial charge is 0.125 e. The van der Waals surface area contributed by atoms with Gasteiger partial charge in [0.1, 0.15) is 18.2 Å². The van der Waals surface area contributed by atoms with E-state index in [0.29, 0.717) is 16.9 Å². The Morgan fingerprint density at radius 2 is 2.00 bits per heavy atom. The fourth-order valence-electron chi connectivity index (χ4n) is 1.55. The van der Waals surface area contributed by atoms with Gasteiger partial charge in [-0.25, -0.2) is 9.97 Å². The fourth-order valence-corrected chi connectivity index (χ4v) is 1.93. The number of ether oxygens (including phenoxy) is 1. The highest BCUT2D eigenvalue weighted by atomic mass is 79.9. The van der Waals surface area contributed by atoms with Crippen LogP contribution in [0.2, 0.25) is 0 Å². The predicted molar refractivity (Wildman–Crippen MR) is 66.8 cm³/mol. The first-order chi connectivity index (χ1) is 8.22. The van der Waals surface area contributed by atoms with E-state index in [1.165, 1.54) is 6.33 Å². The van der Waals surface area contributed by atoms with Crippen LogP contribution in [0.4, 0.5) is 0 Å². The minimum Gasteiger partial charge on any atom is -0.496 e. The average Bonchev–Trinajstić information content (AvgIpc) is 2.39. The van der Waals surface area contributed by atoms with Gasteiger partial charge in [0.15, 0.2) is 0 Å². The summed E-state index contributed by atoms with van der Waals surface area (Å²) < 4.78 is 6.10. The van der Waals surface area contributed by atoms with Crippen molar-refractivity contribution in [3.05, 3.63) is 52.5 Å². The summed E-state index contributed by atoms with van der Waals surface area (Å²) in [7, 11) is 1.57. The molecule has 0 bridgehead atoms. The van der Waals surface area contributed by atoms with E-state index in [-0.39, 0.29) is 0 Å². The van der Waals surface area contributed by atoms with Crippen LogP contribution in [0, 0.1) is 0 Å². The Labute approximate surface area is 107 Å². The maximum Gasteiger partial charge on any atom is 0.125 e. The van der Waals surface area contributed by atoms with E-state index in [4.69, 9.17) is 4.74 Å². The topological polar surface area (TPSA) is 55.2 Å². The molecule has 0 radical (unpaired) electrons. The monoisotopic (exact) mass is 294 g/mol. The third kappa shape index (κ3) is 2.62. The molecular formula is C12H11BrN2O2. The van der Waals surface area contributed by atoms with Gasteiger partial charge in [0, 0.05) is 28.0 Å². The highest BCUT2D eigenvalue weighted by Crippen LogP contribution is 2.31. The number of nitrogens with zero attached hydrogens (tertiary/aromatic N) is 2. The summed E-state index contributed by atoms with van der Waals surface area (Å²) >= 11 is 3.37. The summed E-state index contributed by atoms with van der Waals surface area (Å²) in [6.45, 7) is 0. The molecule has 0 amide bonds. The lowest BCUT2D eigenvalue weighted by atomic mass is 10.0. The molecule has 1 N–H and O–H groups in total. The standard InChI is InChI=1S/C12H11BrN2O2/c1-17-11-3-2-9(13)4-10(11)12(16)8-5-14-7-15-6-8/h2-7,12,16H,1H3. The Balaban J connectivity index is 2.43. The second kappa shape index (κ2) is 5.25. The molecule has 1 atom stereocenters. The lowest BCUT2D eigenvalue weighted by Crippen LogP contribution is -2.03. The second-order valence-electron chi connectivity index (χ2n) is 3.46. The summed E-state index contributed by atoms with van der Waals surface area (Å²) in [6.07, 6.45) is 3.79. The highest BCUT2D eigenvalue weighted by molar-refractivity contribution is 9.10. The molecule has 2 aromatic rings. The van der Waals surface area contributed by atoms with Crippen LogP contribution in [0.1, 0.15) is 17.2 Å². The van der Waals surface area contributed by atoms with Crippen molar-refractivity contribution in [2.45, 2.75) is 6.10 Å². The van der Waals surface area contributed by atoms with E-state index in [9.17, 15) is 5.11 Å². The SMILES string of the molecule is COc1ccc(Br)cc1C(O)c1cncnc1. The molecular weight excluding hydrogens is 284 g/mol. The first-order valence-corrected chi connectivity index (χ1v) is 5.78. The number of rotatable bonds is 3. The van der Waals surface area contributed by atoms with Gasteiger partial charge in [-0.05, 0) is 18.2 Å². The van der Waals surface area contributed by atoms with Crippen molar-refractivity contribution in [3.63, 3.8) is 0 Å². The molecule has 1 aromatic heterocycles. The van der Waals surface area contributed by atoms with E-state index in [0.717, 1.165) is 4.47 Å². The summed E-state index contributed by atoms with van der Waals surface area (Å²) in [5.41, 5.74) is 1.31. The van der Waals surface area contributed by atoms with Crippen LogP contribution >= 0.6 is 15.9 Å². The van der Waals surface area contributed by atoms with Gasteiger partial charge < -0.3 is 9.84 Å². The molecule has 1 unspecified atom stereocenters. The van der Waals surface area contributed by atoms with Crippen molar-refractivity contribution >= 4 is 15.9 Å². The lowest BCUT2D eigenvalue weighted by Gasteiger charge is -2.14. The average molecular weight is 295 g/mol. The van der Waals surface area contributed by atoms with Gasteiger partial charge in [-0.3, -0.25) is 0 Å². The summed E-state index contributed by atoms with van der Waals surface area (Å²) in [5, 5.41) is 10.2. The van der Waals surface area contributed by atoms with Crippen molar-refractivity contribution in [1.29, 1.82) is 0 Å². The Kier molecular flexibility index (Phi) is 3.71. The number of benzene rings is 1. The number of aliphatic hydroxyl groups excluding tert-OH is 1. The minimum absolute atomic E-state index is 0.629. The number of methoxy groups -OCH3 is 1. The Morgan fingerprint density at radius 3 is 2.65 bits per heavy atom. The molecule has 0 saturated heterocycles. The number of aliphatic hydroxyl groups is 1. The van der Waals surface area contributed by atoms with E-state index in [2.05, 4.69) is 25.9 Å².